The highest BCUT2D eigenvalue weighted by molar-refractivity contribution is 6.32. The number of guanidine groups is 1. The fourth-order valence-corrected chi connectivity index (χ4v) is 5.92. The van der Waals surface area contributed by atoms with Gasteiger partial charge in [-0.15, -0.1) is 0 Å². The van der Waals surface area contributed by atoms with Gasteiger partial charge in [0.25, 0.3) is 5.91 Å². The van der Waals surface area contributed by atoms with Gasteiger partial charge < -0.3 is 24.7 Å². The largest absolute Gasteiger partial charge is 0.490 e. The highest BCUT2D eigenvalue weighted by atomic mass is 35.5. The number of amides is 2. The number of carbonyl (C=O) groups is 2. The molecule has 198 valence electrons. The normalized spacial score (nSPS) is 20.9. The zero-order valence-corrected chi connectivity index (χ0v) is 21.8. The van der Waals surface area contributed by atoms with Crippen LogP contribution in [0.5, 0.6) is 5.75 Å². The second kappa shape index (κ2) is 11.8. The SMILES string of the molecule is CCCC(C1CCCC1)N(C(=O)CCCOc1c(Cl)ccc2c1N=C1NC(=O)C(CO)N1C2)C(C)O. The minimum Gasteiger partial charge on any atom is -0.490 e. The number of fused-ring (bicyclic) bond motifs is 2. The molecule has 0 aromatic heterocycles. The molecule has 1 saturated carbocycles. The van der Waals surface area contributed by atoms with Crippen LogP contribution in [0.2, 0.25) is 5.02 Å². The zero-order valence-electron chi connectivity index (χ0n) is 21.1. The number of benzene rings is 1. The van der Waals surface area contributed by atoms with Gasteiger partial charge in [-0.05, 0) is 44.6 Å². The van der Waals surface area contributed by atoms with Crippen molar-refractivity contribution < 1.29 is 24.5 Å². The maximum atomic E-state index is 13.2. The quantitative estimate of drug-likeness (QED) is 0.304. The predicted octanol–water partition coefficient (Wildman–Crippen LogP) is 3.32. The molecule has 9 nitrogen and oxygen atoms in total. The fraction of sp³-hybridized carbons (Fsp3) is 0.654. The van der Waals surface area contributed by atoms with Gasteiger partial charge in [0, 0.05) is 24.6 Å². The number of hydrogen-bond acceptors (Lipinski definition) is 7. The minimum absolute atomic E-state index is 0.0558. The summed E-state index contributed by atoms with van der Waals surface area (Å²) in [6.07, 6.45) is 6.38. The number of aliphatic hydroxyl groups excluding tert-OH is 2. The number of rotatable bonds is 11. The third kappa shape index (κ3) is 5.48. The summed E-state index contributed by atoms with van der Waals surface area (Å²) >= 11 is 6.43. The maximum absolute atomic E-state index is 13.2. The van der Waals surface area contributed by atoms with E-state index in [1.807, 2.05) is 6.07 Å². The number of nitrogens with zero attached hydrogens (tertiary/aromatic N) is 3. The van der Waals surface area contributed by atoms with Crippen LogP contribution in [0.1, 0.15) is 70.8 Å². The van der Waals surface area contributed by atoms with Gasteiger partial charge in [0.15, 0.2) is 5.75 Å². The molecule has 3 unspecified atom stereocenters. The summed E-state index contributed by atoms with van der Waals surface area (Å²) in [7, 11) is 0. The molecule has 2 fully saturated rings. The molecule has 1 aromatic carbocycles. The molecule has 2 heterocycles. The van der Waals surface area contributed by atoms with E-state index in [2.05, 4.69) is 17.2 Å². The Hall–Kier alpha value is -2.36. The van der Waals surface area contributed by atoms with Crippen molar-refractivity contribution in [3.8, 4) is 5.75 Å². The number of halogens is 1. The van der Waals surface area contributed by atoms with Crippen LogP contribution in [0.4, 0.5) is 5.69 Å². The Bertz CT molecular complexity index is 995. The maximum Gasteiger partial charge on any atom is 0.251 e. The molecular weight excluding hydrogens is 484 g/mol. The van der Waals surface area contributed by atoms with Crippen LogP contribution >= 0.6 is 11.6 Å². The summed E-state index contributed by atoms with van der Waals surface area (Å²) in [6, 6.07) is 2.97. The first-order valence-electron chi connectivity index (χ1n) is 13.1. The monoisotopic (exact) mass is 520 g/mol. The lowest BCUT2D eigenvalue weighted by atomic mass is 9.92. The Morgan fingerprint density at radius 3 is 2.78 bits per heavy atom. The summed E-state index contributed by atoms with van der Waals surface area (Å²) in [5, 5.41) is 23.1. The summed E-state index contributed by atoms with van der Waals surface area (Å²) in [6.45, 7) is 4.15. The van der Waals surface area contributed by atoms with E-state index in [4.69, 9.17) is 16.3 Å². The molecule has 2 amide bonds. The molecule has 10 heteroatoms. The first-order chi connectivity index (χ1) is 17.3. The van der Waals surface area contributed by atoms with E-state index in [1.165, 1.54) is 12.8 Å². The third-order valence-electron chi connectivity index (χ3n) is 7.44. The Morgan fingerprint density at radius 2 is 2.11 bits per heavy atom. The van der Waals surface area contributed by atoms with Crippen molar-refractivity contribution in [3.05, 3.63) is 22.7 Å². The van der Waals surface area contributed by atoms with E-state index in [0.717, 1.165) is 31.2 Å². The molecule has 2 aliphatic heterocycles. The first-order valence-corrected chi connectivity index (χ1v) is 13.4. The molecule has 1 aliphatic carbocycles. The molecule has 0 radical (unpaired) electrons. The van der Waals surface area contributed by atoms with Gasteiger partial charge in [-0.25, -0.2) is 4.99 Å². The fourth-order valence-electron chi connectivity index (χ4n) is 5.71. The molecule has 36 heavy (non-hydrogen) atoms. The summed E-state index contributed by atoms with van der Waals surface area (Å²) in [4.78, 5) is 33.3. The molecular formula is C26H37ClN4O5. The van der Waals surface area contributed by atoms with E-state index in [1.54, 1.807) is 22.8 Å². The van der Waals surface area contributed by atoms with E-state index >= 15 is 0 Å². The Balaban J connectivity index is 1.40. The highest BCUT2D eigenvalue weighted by Crippen LogP contribution is 2.42. The van der Waals surface area contributed by atoms with E-state index in [0.29, 0.717) is 41.3 Å². The molecule has 1 aromatic rings. The number of hydrogen-bond donors (Lipinski definition) is 3. The molecule has 0 bridgehead atoms. The Morgan fingerprint density at radius 1 is 1.36 bits per heavy atom. The Kier molecular flexibility index (Phi) is 8.74. The number of nitrogens with one attached hydrogen (secondary N) is 1. The third-order valence-corrected chi connectivity index (χ3v) is 7.74. The van der Waals surface area contributed by atoms with Crippen molar-refractivity contribution in [2.75, 3.05) is 13.2 Å². The van der Waals surface area contributed by atoms with Gasteiger partial charge in [0.05, 0.1) is 18.2 Å². The van der Waals surface area contributed by atoms with Gasteiger partial charge in [-0.3, -0.25) is 14.9 Å². The number of aliphatic hydroxyl groups is 2. The standard InChI is InChI=1S/C26H37ClN4O5/c1-3-7-20(17-8-4-5-9-17)31(16(2)33)22(34)10-6-13-36-24-19(27)12-11-18-14-30-21(15-32)25(35)29-26(30)28-23(18)24/h11-12,16-17,20-21,32-33H,3-10,13-15H2,1-2H3,(H,28,29,35). The number of ether oxygens (including phenoxy) is 1. The van der Waals surface area contributed by atoms with Crippen molar-refractivity contribution in [2.24, 2.45) is 10.9 Å². The molecule has 3 aliphatic rings. The van der Waals surface area contributed by atoms with Crippen LogP contribution in [0.15, 0.2) is 17.1 Å². The van der Waals surface area contributed by atoms with Crippen molar-refractivity contribution in [3.63, 3.8) is 0 Å². The van der Waals surface area contributed by atoms with Crippen molar-refractivity contribution in [2.45, 2.75) is 90.1 Å². The predicted molar refractivity (Wildman–Crippen MR) is 137 cm³/mol. The lowest BCUT2D eigenvalue weighted by molar-refractivity contribution is -0.147. The number of aliphatic imine (C=N–C) groups is 1. The van der Waals surface area contributed by atoms with Crippen LogP contribution < -0.4 is 10.1 Å². The van der Waals surface area contributed by atoms with Gasteiger partial charge in [0.1, 0.15) is 18.0 Å². The van der Waals surface area contributed by atoms with Crippen molar-refractivity contribution in [1.82, 2.24) is 15.1 Å². The van der Waals surface area contributed by atoms with Gasteiger partial charge >= 0.3 is 0 Å². The molecule has 3 N–H and O–H groups in total. The van der Waals surface area contributed by atoms with Crippen molar-refractivity contribution >= 4 is 35.1 Å². The first kappa shape index (κ1) is 26.7. The smallest absolute Gasteiger partial charge is 0.251 e. The average molecular weight is 521 g/mol. The van der Waals surface area contributed by atoms with E-state index in [9.17, 15) is 19.8 Å². The summed E-state index contributed by atoms with van der Waals surface area (Å²) < 4.78 is 6.01. The van der Waals surface area contributed by atoms with Crippen LogP contribution in [0.25, 0.3) is 0 Å². The highest BCUT2D eigenvalue weighted by Gasteiger charge is 2.39. The second-order valence-corrected chi connectivity index (χ2v) is 10.3. The molecule has 4 rings (SSSR count). The Labute approximate surface area is 217 Å². The van der Waals surface area contributed by atoms with E-state index in [-0.39, 0.29) is 37.5 Å². The van der Waals surface area contributed by atoms with Gasteiger partial charge in [0.2, 0.25) is 11.9 Å². The average Bonchev–Trinajstić information content (AvgIpc) is 3.48. The lowest BCUT2D eigenvalue weighted by Crippen LogP contribution is -2.49. The van der Waals surface area contributed by atoms with Crippen LogP contribution in [-0.2, 0) is 16.1 Å². The van der Waals surface area contributed by atoms with Crippen molar-refractivity contribution in [1.29, 1.82) is 0 Å². The van der Waals surface area contributed by atoms with E-state index < -0.39 is 12.3 Å². The molecule has 3 atom stereocenters. The van der Waals surface area contributed by atoms with Gasteiger partial charge in [-0.2, -0.15) is 0 Å². The second-order valence-electron chi connectivity index (χ2n) is 9.92. The lowest BCUT2D eigenvalue weighted by Gasteiger charge is -2.38. The summed E-state index contributed by atoms with van der Waals surface area (Å²) in [5.41, 5.74) is 1.39. The van der Waals surface area contributed by atoms with Gasteiger partial charge in [-0.1, -0.05) is 43.9 Å². The van der Waals surface area contributed by atoms with Crippen LogP contribution in [0, 0.1) is 5.92 Å². The van der Waals surface area contributed by atoms with Crippen LogP contribution in [-0.4, -0.2) is 69.3 Å². The summed E-state index contributed by atoms with van der Waals surface area (Å²) in [5.74, 6) is 0.889. The zero-order chi connectivity index (χ0) is 25.8. The van der Waals surface area contributed by atoms with Crippen LogP contribution in [0.3, 0.4) is 0 Å². The molecule has 1 saturated heterocycles. The number of carbonyl (C=O) groups excluding carboxylic acids is 2. The minimum atomic E-state index is -0.825. The molecule has 0 spiro atoms. The topological polar surface area (TPSA) is 115 Å².